The largest absolute Gasteiger partial charge is 0.393 e. The van der Waals surface area contributed by atoms with Crippen LogP contribution in [-0.4, -0.2) is 28.2 Å². The van der Waals surface area contributed by atoms with Crippen LogP contribution in [0.1, 0.15) is 31.2 Å². The number of fused-ring (bicyclic) bond motifs is 2. The number of hydrogen-bond donors (Lipinski definition) is 1. The van der Waals surface area contributed by atoms with Gasteiger partial charge in [-0.3, -0.25) is 4.90 Å². The molecular formula is C14H19NO. The van der Waals surface area contributed by atoms with Gasteiger partial charge in [-0.05, 0) is 31.2 Å². The van der Waals surface area contributed by atoms with E-state index in [1.807, 2.05) is 0 Å². The Kier molecular flexibility index (Phi) is 2.70. The minimum atomic E-state index is -0.0514. The van der Waals surface area contributed by atoms with Crippen molar-refractivity contribution in [2.75, 3.05) is 0 Å². The molecule has 1 aromatic rings. The molecule has 3 rings (SSSR count). The van der Waals surface area contributed by atoms with Gasteiger partial charge < -0.3 is 5.11 Å². The molecule has 0 amide bonds. The lowest BCUT2D eigenvalue weighted by atomic mass is 9.99. The van der Waals surface area contributed by atoms with E-state index in [9.17, 15) is 5.11 Å². The summed E-state index contributed by atoms with van der Waals surface area (Å²) >= 11 is 0. The maximum absolute atomic E-state index is 9.75. The van der Waals surface area contributed by atoms with Gasteiger partial charge in [-0.1, -0.05) is 30.3 Å². The minimum Gasteiger partial charge on any atom is -0.393 e. The van der Waals surface area contributed by atoms with Crippen LogP contribution in [0.5, 0.6) is 0 Å². The molecule has 16 heavy (non-hydrogen) atoms. The Balaban J connectivity index is 1.72. The van der Waals surface area contributed by atoms with E-state index in [0.29, 0.717) is 12.1 Å². The quantitative estimate of drug-likeness (QED) is 0.820. The van der Waals surface area contributed by atoms with Crippen molar-refractivity contribution in [2.24, 2.45) is 0 Å². The van der Waals surface area contributed by atoms with Crippen LogP contribution in [0.25, 0.3) is 0 Å². The van der Waals surface area contributed by atoms with Crippen molar-refractivity contribution in [3.8, 4) is 0 Å². The van der Waals surface area contributed by atoms with Crippen LogP contribution in [-0.2, 0) is 6.54 Å². The van der Waals surface area contributed by atoms with Gasteiger partial charge in [0, 0.05) is 18.6 Å². The molecule has 0 saturated carbocycles. The third-order valence-corrected chi connectivity index (χ3v) is 4.07. The molecule has 2 heteroatoms. The highest BCUT2D eigenvalue weighted by atomic mass is 16.3. The van der Waals surface area contributed by atoms with Crippen molar-refractivity contribution < 1.29 is 5.11 Å². The van der Waals surface area contributed by atoms with Crippen molar-refractivity contribution in [3.63, 3.8) is 0 Å². The molecule has 0 unspecified atom stereocenters. The zero-order chi connectivity index (χ0) is 11.0. The van der Waals surface area contributed by atoms with E-state index < -0.39 is 0 Å². The Morgan fingerprint density at radius 3 is 2.31 bits per heavy atom. The van der Waals surface area contributed by atoms with Crippen LogP contribution in [0.15, 0.2) is 30.3 Å². The summed E-state index contributed by atoms with van der Waals surface area (Å²) in [6, 6.07) is 11.9. The van der Waals surface area contributed by atoms with Gasteiger partial charge in [-0.15, -0.1) is 0 Å². The van der Waals surface area contributed by atoms with Crippen LogP contribution in [0.3, 0.4) is 0 Å². The fraction of sp³-hybridized carbons (Fsp3) is 0.571. The number of hydrogen-bond acceptors (Lipinski definition) is 2. The molecule has 1 N–H and O–H groups in total. The van der Waals surface area contributed by atoms with Gasteiger partial charge in [-0.25, -0.2) is 0 Å². The zero-order valence-electron chi connectivity index (χ0n) is 9.55. The molecule has 2 atom stereocenters. The normalized spacial score (nSPS) is 34.2. The molecule has 1 aromatic carbocycles. The molecular weight excluding hydrogens is 198 g/mol. The molecule has 2 saturated heterocycles. The average Bonchev–Trinajstić information content (AvgIpc) is 2.54. The van der Waals surface area contributed by atoms with Gasteiger partial charge in [0.25, 0.3) is 0 Å². The lowest BCUT2D eigenvalue weighted by Gasteiger charge is -2.37. The van der Waals surface area contributed by atoms with Crippen LogP contribution in [0.2, 0.25) is 0 Å². The molecule has 0 radical (unpaired) electrons. The monoisotopic (exact) mass is 217 g/mol. The van der Waals surface area contributed by atoms with E-state index >= 15 is 0 Å². The van der Waals surface area contributed by atoms with Gasteiger partial charge in [0.1, 0.15) is 0 Å². The highest BCUT2D eigenvalue weighted by Crippen LogP contribution is 2.36. The summed E-state index contributed by atoms with van der Waals surface area (Å²) < 4.78 is 0. The van der Waals surface area contributed by atoms with E-state index in [1.165, 1.54) is 18.4 Å². The smallest absolute Gasteiger partial charge is 0.0570 e. The number of rotatable bonds is 2. The fourth-order valence-corrected chi connectivity index (χ4v) is 3.30. The van der Waals surface area contributed by atoms with Gasteiger partial charge in [-0.2, -0.15) is 0 Å². The molecule has 2 bridgehead atoms. The topological polar surface area (TPSA) is 23.5 Å². The van der Waals surface area contributed by atoms with Crippen LogP contribution in [0.4, 0.5) is 0 Å². The Morgan fingerprint density at radius 2 is 1.69 bits per heavy atom. The first-order valence-electron chi connectivity index (χ1n) is 6.30. The average molecular weight is 217 g/mol. The van der Waals surface area contributed by atoms with Crippen LogP contribution in [0, 0.1) is 0 Å². The highest BCUT2D eigenvalue weighted by Gasteiger charge is 2.39. The Morgan fingerprint density at radius 1 is 1.06 bits per heavy atom. The van der Waals surface area contributed by atoms with Crippen molar-refractivity contribution in [1.82, 2.24) is 4.90 Å². The van der Waals surface area contributed by atoms with Crippen molar-refractivity contribution >= 4 is 0 Å². The van der Waals surface area contributed by atoms with Gasteiger partial charge in [0.05, 0.1) is 6.10 Å². The maximum Gasteiger partial charge on any atom is 0.0570 e. The van der Waals surface area contributed by atoms with E-state index in [1.54, 1.807) is 0 Å². The van der Waals surface area contributed by atoms with E-state index in [-0.39, 0.29) is 6.10 Å². The van der Waals surface area contributed by atoms with E-state index in [4.69, 9.17) is 0 Å². The standard InChI is InChI=1S/C14H19NO/c16-14-8-12-6-7-13(9-14)15(12)10-11-4-2-1-3-5-11/h1-5,12-14,16H,6-10H2/t12-,13-/m0/s1. The van der Waals surface area contributed by atoms with Gasteiger partial charge in [0.15, 0.2) is 0 Å². The van der Waals surface area contributed by atoms with Crippen molar-refractivity contribution in [1.29, 1.82) is 0 Å². The third kappa shape index (κ3) is 1.87. The molecule has 2 aliphatic heterocycles. The Bertz CT molecular complexity index is 337. The SMILES string of the molecule is OC1C[C@@H]2CC[C@@H](C1)N2Cc1ccccc1. The van der Waals surface area contributed by atoms with E-state index in [2.05, 4.69) is 35.2 Å². The Hall–Kier alpha value is -0.860. The zero-order valence-corrected chi connectivity index (χ0v) is 9.55. The van der Waals surface area contributed by atoms with Crippen LogP contribution < -0.4 is 0 Å². The summed E-state index contributed by atoms with van der Waals surface area (Å²) in [6.45, 7) is 1.06. The first-order chi connectivity index (χ1) is 7.83. The first kappa shape index (κ1) is 10.3. The summed E-state index contributed by atoms with van der Waals surface area (Å²) in [5.74, 6) is 0. The Labute approximate surface area is 96.9 Å². The van der Waals surface area contributed by atoms with Crippen molar-refractivity contribution in [3.05, 3.63) is 35.9 Å². The van der Waals surface area contributed by atoms with E-state index in [0.717, 1.165) is 19.4 Å². The fourth-order valence-electron chi connectivity index (χ4n) is 3.30. The first-order valence-corrected chi connectivity index (χ1v) is 6.30. The molecule has 2 nitrogen and oxygen atoms in total. The lowest BCUT2D eigenvalue weighted by molar-refractivity contribution is 0.0310. The molecule has 0 aliphatic carbocycles. The second-order valence-corrected chi connectivity index (χ2v) is 5.17. The number of aliphatic hydroxyl groups is 1. The molecule has 0 spiro atoms. The number of benzene rings is 1. The molecule has 0 aromatic heterocycles. The van der Waals surface area contributed by atoms with Gasteiger partial charge in [0.2, 0.25) is 0 Å². The molecule has 2 fully saturated rings. The number of nitrogens with zero attached hydrogens (tertiary/aromatic N) is 1. The second kappa shape index (κ2) is 4.19. The van der Waals surface area contributed by atoms with Gasteiger partial charge >= 0.3 is 0 Å². The maximum atomic E-state index is 9.75. The van der Waals surface area contributed by atoms with Crippen LogP contribution >= 0.6 is 0 Å². The molecule has 86 valence electrons. The summed E-state index contributed by atoms with van der Waals surface area (Å²) in [6.07, 6.45) is 4.44. The summed E-state index contributed by atoms with van der Waals surface area (Å²) in [5, 5.41) is 9.75. The summed E-state index contributed by atoms with van der Waals surface area (Å²) in [5.41, 5.74) is 1.40. The molecule has 2 aliphatic rings. The highest BCUT2D eigenvalue weighted by molar-refractivity contribution is 5.15. The lowest BCUT2D eigenvalue weighted by Crippen LogP contribution is -2.43. The molecule has 2 heterocycles. The number of piperidine rings is 1. The van der Waals surface area contributed by atoms with Crippen molar-refractivity contribution in [2.45, 2.75) is 50.4 Å². The summed E-state index contributed by atoms with van der Waals surface area (Å²) in [7, 11) is 0. The minimum absolute atomic E-state index is 0.0514. The summed E-state index contributed by atoms with van der Waals surface area (Å²) in [4.78, 5) is 2.60. The predicted octanol–water partition coefficient (Wildman–Crippen LogP) is 2.17. The number of aliphatic hydroxyl groups excluding tert-OH is 1. The third-order valence-electron chi connectivity index (χ3n) is 4.07. The predicted molar refractivity (Wildman–Crippen MR) is 64.0 cm³/mol. The second-order valence-electron chi connectivity index (χ2n) is 5.17.